The zero-order chi connectivity index (χ0) is 20.9. The summed E-state index contributed by atoms with van der Waals surface area (Å²) in [4.78, 5) is 9.71. The van der Waals surface area contributed by atoms with Crippen molar-refractivity contribution in [1.82, 2.24) is 0 Å². The summed E-state index contributed by atoms with van der Waals surface area (Å²) in [7, 11) is 0. The van der Waals surface area contributed by atoms with Crippen LogP contribution in [-0.2, 0) is 0 Å². The number of aliphatic hydroxyl groups excluding tert-OH is 2. The number of rotatable bonds is 3. The molecule has 0 fully saturated rings. The van der Waals surface area contributed by atoms with Gasteiger partial charge in [0, 0.05) is 23.3 Å². The van der Waals surface area contributed by atoms with Crippen LogP contribution in [0.1, 0.15) is 16.7 Å². The van der Waals surface area contributed by atoms with E-state index in [0.29, 0.717) is 11.1 Å². The predicted octanol–water partition coefficient (Wildman–Crippen LogP) is 6.17. The average molecular weight is 450 g/mol. The lowest BCUT2D eigenvalue weighted by Crippen LogP contribution is -1.91. The van der Waals surface area contributed by atoms with Crippen molar-refractivity contribution in [2.45, 2.75) is 6.92 Å². The molecule has 0 bridgehead atoms. The summed E-state index contributed by atoms with van der Waals surface area (Å²) in [6, 6.07) is 24.6. The summed E-state index contributed by atoms with van der Waals surface area (Å²) in [5, 5.41) is 27.5. The maximum absolute atomic E-state index is 10.1. The normalized spacial score (nSPS) is 8.72. The zero-order valence-electron chi connectivity index (χ0n) is 15.5. The quantitative estimate of drug-likeness (QED) is 0.283. The Morgan fingerprint density at radius 3 is 1.34 bits per heavy atom. The van der Waals surface area contributed by atoms with Crippen molar-refractivity contribution in [1.29, 1.82) is 0 Å². The number of nitro benzene ring substituents is 1. The molecule has 3 aromatic carbocycles. The van der Waals surface area contributed by atoms with E-state index in [9.17, 15) is 10.1 Å². The van der Waals surface area contributed by atoms with E-state index in [0.717, 1.165) is 5.56 Å². The lowest BCUT2D eigenvalue weighted by molar-refractivity contribution is -0.384. The third-order valence-electron chi connectivity index (χ3n) is 3.29. The third-order valence-corrected chi connectivity index (χ3v) is 3.76. The van der Waals surface area contributed by atoms with E-state index >= 15 is 0 Å². The molecule has 0 atom stereocenters. The summed E-state index contributed by atoms with van der Waals surface area (Å²) in [5.41, 5.74) is 2.58. The molecule has 152 valence electrons. The molecule has 0 spiro atoms. The minimum Gasteiger partial charge on any atom is -0.499 e. The van der Waals surface area contributed by atoms with E-state index in [-0.39, 0.29) is 28.2 Å². The second kappa shape index (κ2) is 14.2. The van der Waals surface area contributed by atoms with E-state index in [4.69, 9.17) is 10.2 Å². The van der Waals surface area contributed by atoms with Gasteiger partial charge in [0.15, 0.2) is 10.1 Å². The van der Waals surface area contributed by atoms with Crippen LogP contribution in [0.3, 0.4) is 0 Å². The number of hydrogen-bond donors (Lipinski definition) is 2. The van der Waals surface area contributed by atoms with Gasteiger partial charge in [-0.15, -0.1) is 12.4 Å². The van der Waals surface area contributed by atoms with Crippen LogP contribution in [0.4, 0.5) is 5.69 Å². The predicted molar refractivity (Wildman–Crippen MR) is 127 cm³/mol. The largest absolute Gasteiger partial charge is 0.499 e. The fraction of sp³-hybridized carbons (Fsp3) is 0.0476. The molecule has 0 saturated carbocycles. The van der Waals surface area contributed by atoms with Crippen molar-refractivity contribution < 1.29 is 15.1 Å². The molecule has 5 nitrogen and oxygen atoms in total. The van der Waals surface area contributed by atoms with Crippen molar-refractivity contribution in [2.75, 3.05) is 0 Å². The number of halogens is 1. The molecule has 0 unspecified atom stereocenters. The SMILES string of the molecule is Cc1ccc([N+](=O)[O-])cc1.Cl.OC(=S)c1ccccc1.OC(=S)c1ccccc1. The fourth-order valence-electron chi connectivity index (χ4n) is 1.83. The molecule has 0 aliphatic carbocycles. The van der Waals surface area contributed by atoms with E-state index in [1.165, 1.54) is 12.1 Å². The standard InChI is InChI=1S/C7H7NO2.2C7H6OS.ClH/c1-6-2-4-7(5-3-6)8(9)10;2*8-7(9)6-4-2-1-3-5-6;/h2-5H,1H3;2*1-5H,(H,8,9);1H. The molecule has 0 aliphatic heterocycles. The van der Waals surface area contributed by atoms with Gasteiger partial charge in [0.25, 0.3) is 5.69 Å². The molecule has 0 heterocycles. The number of aryl methyl sites for hydroxylation is 1. The Bertz CT molecular complexity index is 855. The second-order valence-electron chi connectivity index (χ2n) is 5.44. The summed E-state index contributed by atoms with van der Waals surface area (Å²) < 4.78 is 0. The number of hydrogen-bond acceptors (Lipinski definition) is 4. The molecule has 0 aliphatic rings. The van der Waals surface area contributed by atoms with Crippen LogP contribution in [0.15, 0.2) is 84.9 Å². The Labute approximate surface area is 186 Å². The van der Waals surface area contributed by atoms with E-state index < -0.39 is 4.92 Å². The fourth-order valence-corrected chi connectivity index (χ4v) is 2.10. The van der Waals surface area contributed by atoms with Crippen molar-refractivity contribution in [2.24, 2.45) is 0 Å². The molecular formula is C21H20ClNO4S2. The van der Waals surface area contributed by atoms with Gasteiger partial charge >= 0.3 is 0 Å². The Hall–Kier alpha value is -2.87. The average Bonchev–Trinajstić information content (AvgIpc) is 2.70. The number of non-ortho nitro benzene ring substituents is 1. The van der Waals surface area contributed by atoms with Crippen LogP contribution in [-0.4, -0.2) is 25.2 Å². The van der Waals surface area contributed by atoms with Crippen molar-refractivity contribution in [3.05, 3.63) is 112 Å². The first-order chi connectivity index (χ1) is 13.3. The Kier molecular flexibility index (Phi) is 12.8. The van der Waals surface area contributed by atoms with Gasteiger partial charge < -0.3 is 10.2 Å². The summed E-state index contributed by atoms with van der Waals surface area (Å²) in [6.45, 7) is 1.89. The second-order valence-corrected chi connectivity index (χ2v) is 6.21. The summed E-state index contributed by atoms with van der Waals surface area (Å²) in [6.07, 6.45) is 0. The van der Waals surface area contributed by atoms with Gasteiger partial charge in [-0.1, -0.05) is 78.4 Å². The number of thiocarbonyl (C=S) groups is 2. The number of nitro groups is 1. The first-order valence-corrected chi connectivity index (χ1v) is 8.90. The molecule has 0 amide bonds. The molecule has 8 heteroatoms. The minimum absolute atomic E-state index is 0. The van der Waals surface area contributed by atoms with Crippen molar-refractivity contribution >= 4 is 52.6 Å². The number of benzene rings is 3. The number of nitrogens with zero attached hydrogens (tertiary/aromatic N) is 1. The summed E-state index contributed by atoms with van der Waals surface area (Å²) >= 11 is 9.04. The molecule has 0 radical (unpaired) electrons. The van der Waals surface area contributed by atoms with Crippen LogP contribution in [0, 0.1) is 17.0 Å². The molecule has 3 rings (SSSR count). The minimum atomic E-state index is -0.403. The van der Waals surface area contributed by atoms with Gasteiger partial charge in [-0.25, -0.2) is 0 Å². The first kappa shape index (κ1) is 26.1. The maximum atomic E-state index is 10.1. The van der Waals surface area contributed by atoms with Crippen LogP contribution in [0.2, 0.25) is 0 Å². The van der Waals surface area contributed by atoms with Crippen molar-refractivity contribution in [3.63, 3.8) is 0 Å². The highest BCUT2D eigenvalue weighted by atomic mass is 35.5. The monoisotopic (exact) mass is 449 g/mol. The number of aliphatic hydroxyl groups is 2. The van der Waals surface area contributed by atoms with E-state index in [1.807, 2.05) is 43.3 Å². The highest BCUT2D eigenvalue weighted by molar-refractivity contribution is 7.80. The topological polar surface area (TPSA) is 83.6 Å². The van der Waals surface area contributed by atoms with Crippen LogP contribution >= 0.6 is 36.8 Å². The van der Waals surface area contributed by atoms with Crippen LogP contribution in [0.5, 0.6) is 0 Å². The smallest absolute Gasteiger partial charge is 0.269 e. The van der Waals surface area contributed by atoms with Gasteiger partial charge in [0.05, 0.1) is 4.92 Å². The highest BCUT2D eigenvalue weighted by Gasteiger charge is 2.00. The molecule has 29 heavy (non-hydrogen) atoms. The van der Waals surface area contributed by atoms with Crippen LogP contribution < -0.4 is 0 Å². The molecule has 0 aromatic heterocycles. The van der Waals surface area contributed by atoms with Gasteiger partial charge in [0.2, 0.25) is 0 Å². The Balaban J connectivity index is 0.000000399. The molecule has 3 aromatic rings. The van der Waals surface area contributed by atoms with Gasteiger partial charge in [-0.3, -0.25) is 10.1 Å². The Morgan fingerprint density at radius 1 is 0.759 bits per heavy atom. The van der Waals surface area contributed by atoms with Crippen LogP contribution in [0.25, 0.3) is 0 Å². The van der Waals surface area contributed by atoms with E-state index in [2.05, 4.69) is 24.4 Å². The molecular weight excluding hydrogens is 430 g/mol. The van der Waals surface area contributed by atoms with Gasteiger partial charge in [0.1, 0.15) is 0 Å². The van der Waals surface area contributed by atoms with E-state index in [1.54, 1.807) is 36.4 Å². The molecule has 2 N–H and O–H groups in total. The summed E-state index contributed by atoms with van der Waals surface area (Å²) in [5.74, 6) is 0. The van der Waals surface area contributed by atoms with Crippen molar-refractivity contribution in [3.8, 4) is 0 Å². The third kappa shape index (κ3) is 10.9. The highest BCUT2D eigenvalue weighted by Crippen LogP contribution is 2.10. The Morgan fingerprint density at radius 2 is 1.10 bits per heavy atom. The lowest BCUT2D eigenvalue weighted by Gasteiger charge is -1.91. The van der Waals surface area contributed by atoms with Gasteiger partial charge in [-0.2, -0.15) is 0 Å². The lowest BCUT2D eigenvalue weighted by atomic mass is 10.2. The zero-order valence-corrected chi connectivity index (χ0v) is 17.9. The molecule has 0 saturated heterocycles. The first-order valence-electron chi connectivity index (χ1n) is 8.09. The maximum Gasteiger partial charge on any atom is 0.269 e. The van der Waals surface area contributed by atoms with Gasteiger partial charge in [-0.05, 0) is 31.4 Å².